The standard InChI is InChI=1S/C33H26F6O6S2/c1-3-11-23-21-25(17-19-29(23)44-46(40,41)27-13-7-5-8-14-27)31(32(34,35)36,33(37,38)39)26-18-20-30(24(22-26)12-4-2)45-47(42,43)28-15-9-6-10-16-28/h3-22H,1-2H3. The summed E-state index contributed by atoms with van der Waals surface area (Å²) in [7, 11) is -9.02. The zero-order chi connectivity index (χ0) is 34.7. The number of alkyl halides is 6. The fourth-order valence-electron chi connectivity index (χ4n) is 4.82. The monoisotopic (exact) mass is 696 g/mol. The van der Waals surface area contributed by atoms with Crippen molar-refractivity contribution in [2.24, 2.45) is 0 Å². The van der Waals surface area contributed by atoms with Crippen LogP contribution in [0.15, 0.2) is 119 Å². The lowest BCUT2D eigenvalue weighted by Gasteiger charge is -2.38. The third kappa shape index (κ3) is 7.08. The fourth-order valence-corrected chi connectivity index (χ4v) is 6.77. The van der Waals surface area contributed by atoms with Gasteiger partial charge in [0.1, 0.15) is 21.3 Å². The molecular weight excluding hydrogens is 670 g/mol. The minimum atomic E-state index is -6.01. The molecule has 6 nitrogen and oxygen atoms in total. The molecule has 4 aromatic rings. The summed E-state index contributed by atoms with van der Waals surface area (Å²) in [5.41, 5.74) is -8.03. The molecule has 0 aliphatic rings. The van der Waals surface area contributed by atoms with Crippen LogP contribution in [0.25, 0.3) is 12.2 Å². The van der Waals surface area contributed by atoms with Crippen molar-refractivity contribution in [3.63, 3.8) is 0 Å². The summed E-state index contributed by atoms with van der Waals surface area (Å²) < 4.78 is 152. The highest BCUT2D eigenvalue weighted by molar-refractivity contribution is 7.87. The van der Waals surface area contributed by atoms with Crippen LogP contribution in [0.4, 0.5) is 26.3 Å². The van der Waals surface area contributed by atoms with Gasteiger partial charge in [-0.15, -0.1) is 0 Å². The molecule has 4 rings (SSSR count). The van der Waals surface area contributed by atoms with E-state index < -0.39 is 60.6 Å². The number of halogens is 6. The lowest BCUT2D eigenvalue weighted by molar-refractivity contribution is -0.288. The molecule has 0 saturated carbocycles. The minimum Gasteiger partial charge on any atom is -0.378 e. The van der Waals surface area contributed by atoms with E-state index in [0.717, 1.165) is 12.2 Å². The van der Waals surface area contributed by atoms with Crippen LogP contribution in [-0.4, -0.2) is 29.2 Å². The predicted octanol–water partition coefficient (Wildman–Crippen LogP) is 8.70. The molecular formula is C33H26F6O6S2. The number of hydrogen-bond donors (Lipinski definition) is 0. The number of benzene rings is 4. The van der Waals surface area contributed by atoms with Gasteiger partial charge in [-0.1, -0.05) is 72.8 Å². The first-order valence-corrected chi connectivity index (χ1v) is 16.5. The van der Waals surface area contributed by atoms with Crippen molar-refractivity contribution >= 4 is 32.4 Å². The van der Waals surface area contributed by atoms with E-state index in [4.69, 9.17) is 8.37 Å². The van der Waals surface area contributed by atoms with Crippen LogP contribution in [-0.2, 0) is 25.7 Å². The Hall–Kier alpha value is -4.56. The fraction of sp³-hybridized carbons (Fsp3) is 0.152. The summed E-state index contributed by atoms with van der Waals surface area (Å²) in [6.07, 6.45) is -7.24. The first-order valence-electron chi connectivity index (χ1n) is 13.6. The maximum absolute atomic E-state index is 15.1. The van der Waals surface area contributed by atoms with Crippen LogP contribution in [0.1, 0.15) is 36.1 Å². The molecule has 0 aliphatic heterocycles. The largest absolute Gasteiger partial charge is 0.411 e. The Balaban J connectivity index is 1.93. The number of hydrogen-bond acceptors (Lipinski definition) is 6. The van der Waals surface area contributed by atoms with Crippen LogP contribution >= 0.6 is 0 Å². The van der Waals surface area contributed by atoms with E-state index in [-0.39, 0.29) is 20.9 Å². The number of rotatable bonds is 10. The zero-order valence-electron chi connectivity index (χ0n) is 24.6. The van der Waals surface area contributed by atoms with Gasteiger partial charge in [0.2, 0.25) is 5.41 Å². The smallest absolute Gasteiger partial charge is 0.378 e. The topological polar surface area (TPSA) is 86.7 Å². The van der Waals surface area contributed by atoms with E-state index in [1.165, 1.54) is 86.7 Å². The van der Waals surface area contributed by atoms with Crippen molar-refractivity contribution in [2.45, 2.75) is 41.4 Å². The van der Waals surface area contributed by atoms with Gasteiger partial charge in [0.25, 0.3) is 0 Å². The SMILES string of the molecule is CC=Cc1cc(C(c2ccc(OS(=O)(=O)c3ccccc3)c(C=CC)c2)(C(F)(F)F)C(F)(F)F)ccc1OS(=O)(=O)c1ccccc1. The maximum atomic E-state index is 15.1. The van der Waals surface area contributed by atoms with E-state index in [9.17, 15) is 16.8 Å². The molecule has 0 bridgehead atoms. The van der Waals surface area contributed by atoms with Gasteiger partial charge in [-0.25, -0.2) is 0 Å². The normalized spacial score (nSPS) is 13.3. The van der Waals surface area contributed by atoms with Gasteiger partial charge in [-0.3, -0.25) is 0 Å². The van der Waals surface area contributed by atoms with E-state index >= 15 is 26.3 Å². The number of allylic oxidation sites excluding steroid dienone is 2. The highest BCUT2D eigenvalue weighted by Gasteiger charge is 2.72. The molecule has 0 unspecified atom stereocenters. The van der Waals surface area contributed by atoms with Crippen molar-refractivity contribution in [1.82, 2.24) is 0 Å². The van der Waals surface area contributed by atoms with Crippen molar-refractivity contribution in [3.8, 4) is 11.5 Å². The molecule has 248 valence electrons. The van der Waals surface area contributed by atoms with Gasteiger partial charge in [0.15, 0.2) is 0 Å². The Bertz CT molecular complexity index is 1860. The first-order chi connectivity index (χ1) is 22.0. The molecule has 0 aliphatic carbocycles. The van der Waals surface area contributed by atoms with Crippen LogP contribution in [0, 0.1) is 0 Å². The Kier molecular flexibility index (Phi) is 9.97. The molecule has 0 heterocycles. The van der Waals surface area contributed by atoms with Crippen molar-refractivity contribution in [1.29, 1.82) is 0 Å². The molecule has 0 amide bonds. The summed E-state index contributed by atoms with van der Waals surface area (Å²) >= 11 is 0. The summed E-state index contributed by atoms with van der Waals surface area (Å²) in [6, 6.07) is 17.0. The average Bonchev–Trinajstić information content (AvgIpc) is 2.99. The molecule has 14 heteroatoms. The molecule has 0 aromatic heterocycles. The van der Waals surface area contributed by atoms with Gasteiger partial charge in [-0.2, -0.15) is 43.2 Å². The van der Waals surface area contributed by atoms with E-state index in [1.54, 1.807) is 0 Å². The minimum absolute atomic E-state index is 0.288. The van der Waals surface area contributed by atoms with Crippen LogP contribution in [0.5, 0.6) is 11.5 Å². The summed E-state index contributed by atoms with van der Waals surface area (Å²) in [6.45, 7) is 2.85. The van der Waals surface area contributed by atoms with Crippen LogP contribution in [0.2, 0.25) is 0 Å². The lowest BCUT2D eigenvalue weighted by atomic mass is 9.72. The maximum Gasteiger partial charge on any atom is 0.411 e. The lowest BCUT2D eigenvalue weighted by Crippen LogP contribution is -2.54. The molecule has 0 radical (unpaired) electrons. The van der Waals surface area contributed by atoms with Crippen LogP contribution < -0.4 is 8.37 Å². The van der Waals surface area contributed by atoms with Crippen molar-refractivity contribution < 1.29 is 51.5 Å². The molecule has 0 atom stereocenters. The third-order valence-electron chi connectivity index (χ3n) is 6.89. The second-order valence-corrected chi connectivity index (χ2v) is 13.0. The second kappa shape index (κ2) is 13.3. The van der Waals surface area contributed by atoms with Crippen molar-refractivity contribution in [2.75, 3.05) is 0 Å². The highest BCUT2D eigenvalue weighted by atomic mass is 32.2. The van der Waals surface area contributed by atoms with Gasteiger partial charge in [-0.05, 0) is 73.5 Å². The van der Waals surface area contributed by atoms with Gasteiger partial charge in [0, 0.05) is 11.1 Å². The summed E-state index contributed by atoms with van der Waals surface area (Å²) in [5.74, 6) is -1.03. The molecule has 0 saturated heterocycles. The highest BCUT2D eigenvalue weighted by Crippen LogP contribution is 2.57. The van der Waals surface area contributed by atoms with Gasteiger partial charge < -0.3 is 8.37 Å². The molecule has 0 N–H and O–H groups in total. The summed E-state index contributed by atoms with van der Waals surface area (Å²) in [4.78, 5) is -0.577. The molecule has 4 aromatic carbocycles. The third-order valence-corrected chi connectivity index (χ3v) is 9.39. The predicted molar refractivity (Wildman–Crippen MR) is 164 cm³/mol. The van der Waals surface area contributed by atoms with Crippen LogP contribution in [0.3, 0.4) is 0 Å². The zero-order valence-corrected chi connectivity index (χ0v) is 26.2. The Labute approximate surface area is 267 Å². The quantitative estimate of drug-likeness (QED) is 0.122. The molecule has 0 fully saturated rings. The first kappa shape index (κ1) is 35.3. The Morgan fingerprint density at radius 1 is 0.532 bits per heavy atom. The van der Waals surface area contributed by atoms with Crippen molar-refractivity contribution in [3.05, 3.63) is 131 Å². The second-order valence-electron chi connectivity index (χ2n) is 9.95. The Morgan fingerprint density at radius 2 is 0.872 bits per heavy atom. The van der Waals surface area contributed by atoms with E-state index in [1.807, 2.05) is 0 Å². The van der Waals surface area contributed by atoms with E-state index in [2.05, 4.69) is 0 Å². The summed E-state index contributed by atoms with van der Waals surface area (Å²) in [5, 5.41) is 0. The average molecular weight is 697 g/mol. The van der Waals surface area contributed by atoms with Gasteiger partial charge >= 0.3 is 32.6 Å². The Morgan fingerprint density at radius 3 is 1.17 bits per heavy atom. The van der Waals surface area contributed by atoms with Gasteiger partial charge in [0.05, 0.1) is 0 Å². The molecule has 0 spiro atoms. The molecule has 47 heavy (non-hydrogen) atoms. The van der Waals surface area contributed by atoms with E-state index in [0.29, 0.717) is 36.4 Å².